The van der Waals surface area contributed by atoms with Crippen molar-refractivity contribution in [1.29, 1.82) is 0 Å². The van der Waals surface area contributed by atoms with Crippen LogP contribution in [0.25, 0.3) is 0 Å². The van der Waals surface area contributed by atoms with Crippen molar-refractivity contribution in [1.82, 2.24) is 0 Å². The Bertz CT molecular complexity index is 380. The van der Waals surface area contributed by atoms with Crippen molar-refractivity contribution in [2.75, 3.05) is 0 Å². The number of rotatable bonds is 4. The second kappa shape index (κ2) is 6.62. The minimum atomic E-state index is 0.942. The average Bonchev–Trinajstić information content (AvgIpc) is 2.29. The van der Waals surface area contributed by atoms with Crippen molar-refractivity contribution in [3.63, 3.8) is 0 Å². The Morgan fingerprint density at radius 2 is 2.13 bits per heavy atom. The van der Waals surface area contributed by atoms with E-state index in [0.29, 0.717) is 0 Å². The smallest absolute Gasteiger partial charge is 0.0629 e. The van der Waals surface area contributed by atoms with Crippen LogP contribution in [-0.2, 0) is 0 Å². The molecule has 0 amide bonds. The van der Waals surface area contributed by atoms with Gasteiger partial charge < -0.3 is 0 Å². The first-order chi connectivity index (χ1) is 7.36. The maximum Gasteiger partial charge on any atom is 0.0629 e. The molecule has 0 bridgehead atoms. The molecule has 0 aliphatic rings. The molecule has 0 fully saturated rings. The molecule has 15 heavy (non-hydrogen) atoms. The number of benzene rings is 1. The molecular weight excluding hydrogens is 182 g/mol. The molecule has 0 atom stereocenters. The molecule has 1 rings (SSSR count). The first-order valence-electron chi connectivity index (χ1n) is 5.11. The third kappa shape index (κ3) is 4.28. The topological polar surface area (TPSA) is 12.4 Å². The highest BCUT2D eigenvalue weighted by Gasteiger charge is 1.87. The first-order valence-corrected chi connectivity index (χ1v) is 5.11. The van der Waals surface area contributed by atoms with E-state index in [0.717, 1.165) is 24.1 Å². The molecular formula is C14H15N. The zero-order valence-electron chi connectivity index (χ0n) is 8.98. The van der Waals surface area contributed by atoms with Crippen LogP contribution in [0.2, 0.25) is 0 Å². The standard InChI is InChI=1S/C14H15N/c1-3-8-13(4-2)11-12-15-14-9-6-5-7-10-14/h2,5-7,9-12H,3,8H2,1H3/b13-11-,15-12?. The van der Waals surface area contributed by atoms with Crippen LogP contribution in [0.3, 0.4) is 0 Å². The van der Waals surface area contributed by atoms with Crippen LogP contribution in [0, 0.1) is 12.3 Å². The predicted octanol–water partition coefficient (Wildman–Crippen LogP) is 3.75. The highest BCUT2D eigenvalue weighted by molar-refractivity contribution is 5.76. The van der Waals surface area contributed by atoms with Crippen molar-refractivity contribution in [3.8, 4) is 12.3 Å². The van der Waals surface area contributed by atoms with E-state index in [2.05, 4.69) is 17.8 Å². The second-order valence-corrected chi connectivity index (χ2v) is 3.20. The largest absolute Gasteiger partial charge is 0.257 e. The Morgan fingerprint density at radius 3 is 2.73 bits per heavy atom. The molecule has 1 nitrogen and oxygen atoms in total. The number of hydrogen-bond acceptors (Lipinski definition) is 1. The summed E-state index contributed by atoms with van der Waals surface area (Å²) in [6, 6.07) is 9.81. The zero-order chi connectivity index (χ0) is 10.9. The Morgan fingerprint density at radius 1 is 1.40 bits per heavy atom. The monoisotopic (exact) mass is 197 g/mol. The van der Waals surface area contributed by atoms with E-state index in [1.165, 1.54) is 0 Å². The first kappa shape index (κ1) is 11.3. The van der Waals surface area contributed by atoms with Crippen molar-refractivity contribution in [2.45, 2.75) is 19.8 Å². The van der Waals surface area contributed by atoms with Gasteiger partial charge >= 0.3 is 0 Å². The minimum absolute atomic E-state index is 0.942. The van der Waals surface area contributed by atoms with Gasteiger partial charge in [-0.1, -0.05) is 37.5 Å². The molecule has 0 spiro atoms. The Hall–Kier alpha value is -1.81. The van der Waals surface area contributed by atoms with Gasteiger partial charge in [-0.25, -0.2) is 0 Å². The fourth-order valence-electron chi connectivity index (χ4n) is 1.20. The van der Waals surface area contributed by atoms with Crippen LogP contribution in [0.1, 0.15) is 19.8 Å². The Kier molecular flexibility index (Phi) is 4.97. The van der Waals surface area contributed by atoms with Gasteiger partial charge in [-0.3, -0.25) is 4.99 Å². The van der Waals surface area contributed by atoms with Crippen LogP contribution in [0.15, 0.2) is 47.0 Å². The van der Waals surface area contributed by atoms with E-state index >= 15 is 0 Å². The summed E-state index contributed by atoms with van der Waals surface area (Å²) in [5.74, 6) is 2.66. The number of nitrogens with zero attached hydrogens (tertiary/aromatic N) is 1. The summed E-state index contributed by atoms with van der Waals surface area (Å²) in [5.41, 5.74) is 1.94. The second-order valence-electron chi connectivity index (χ2n) is 3.20. The summed E-state index contributed by atoms with van der Waals surface area (Å²) in [7, 11) is 0. The predicted molar refractivity (Wildman–Crippen MR) is 66.4 cm³/mol. The number of terminal acetylenes is 1. The van der Waals surface area contributed by atoms with Gasteiger partial charge in [0.05, 0.1) is 5.69 Å². The molecule has 1 heteroatoms. The minimum Gasteiger partial charge on any atom is -0.257 e. The molecule has 0 saturated carbocycles. The lowest BCUT2D eigenvalue weighted by molar-refractivity contribution is 0.934. The lowest BCUT2D eigenvalue weighted by Gasteiger charge is -1.93. The SMILES string of the molecule is C#C/C(=C/C=Nc1ccccc1)CCC. The third-order valence-electron chi connectivity index (χ3n) is 1.96. The molecule has 0 saturated heterocycles. The molecule has 0 unspecified atom stereocenters. The zero-order valence-corrected chi connectivity index (χ0v) is 8.98. The van der Waals surface area contributed by atoms with Gasteiger partial charge in [0.15, 0.2) is 0 Å². The third-order valence-corrected chi connectivity index (χ3v) is 1.96. The summed E-state index contributed by atoms with van der Waals surface area (Å²) in [6.07, 6.45) is 11.0. The van der Waals surface area contributed by atoms with Crippen LogP contribution in [0.4, 0.5) is 5.69 Å². The Labute approximate surface area is 91.6 Å². The summed E-state index contributed by atoms with van der Waals surface area (Å²) < 4.78 is 0. The van der Waals surface area contributed by atoms with Crippen molar-refractivity contribution in [3.05, 3.63) is 42.0 Å². The maximum absolute atomic E-state index is 5.36. The van der Waals surface area contributed by atoms with Gasteiger partial charge in [-0.05, 0) is 24.6 Å². The number of hydrogen-bond donors (Lipinski definition) is 0. The van der Waals surface area contributed by atoms with E-state index in [-0.39, 0.29) is 0 Å². The lowest BCUT2D eigenvalue weighted by atomic mass is 10.1. The summed E-state index contributed by atoms with van der Waals surface area (Å²) in [5, 5.41) is 0. The lowest BCUT2D eigenvalue weighted by Crippen LogP contribution is -1.78. The van der Waals surface area contributed by atoms with Gasteiger partial charge in [0.25, 0.3) is 0 Å². The molecule has 1 aromatic carbocycles. The number of aliphatic imine (C=N–C) groups is 1. The van der Waals surface area contributed by atoms with E-state index < -0.39 is 0 Å². The molecule has 0 radical (unpaired) electrons. The average molecular weight is 197 g/mol. The van der Waals surface area contributed by atoms with E-state index in [1.807, 2.05) is 36.4 Å². The van der Waals surface area contributed by atoms with Crippen LogP contribution in [-0.4, -0.2) is 6.21 Å². The van der Waals surface area contributed by atoms with Gasteiger partial charge in [-0.2, -0.15) is 0 Å². The van der Waals surface area contributed by atoms with E-state index in [9.17, 15) is 0 Å². The molecule has 76 valence electrons. The summed E-state index contributed by atoms with van der Waals surface area (Å²) in [4.78, 5) is 4.28. The molecule has 0 aliphatic carbocycles. The van der Waals surface area contributed by atoms with Gasteiger partial charge in [0, 0.05) is 11.8 Å². The van der Waals surface area contributed by atoms with E-state index in [1.54, 1.807) is 6.21 Å². The summed E-state index contributed by atoms with van der Waals surface area (Å²) in [6.45, 7) is 2.11. The van der Waals surface area contributed by atoms with Gasteiger partial charge in [-0.15, -0.1) is 6.42 Å². The van der Waals surface area contributed by atoms with Crippen LogP contribution >= 0.6 is 0 Å². The van der Waals surface area contributed by atoms with Gasteiger partial charge in [0.2, 0.25) is 0 Å². The van der Waals surface area contributed by atoms with Gasteiger partial charge in [0.1, 0.15) is 0 Å². The number of allylic oxidation sites excluding steroid dienone is 2. The quantitative estimate of drug-likeness (QED) is 0.515. The number of para-hydroxylation sites is 1. The van der Waals surface area contributed by atoms with E-state index in [4.69, 9.17) is 6.42 Å². The molecule has 0 heterocycles. The Balaban J connectivity index is 2.63. The maximum atomic E-state index is 5.36. The molecule has 0 aliphatic heterocycles. The highest BCUT2D eigenvalue weighted by atomic mass is 14.7. The van der Waals surface area contributed by atoms with Crippen molar-refractivity contribution < 1.29 is 0 Å². The molecule has 1 aromatic rings. The fraction of sp³-hybridized carbons (Fsp3) is 0.214. The van der Waals surface area contributed by atoms with Crippen molar-refractivity contribution >= 4 is 11.9 Å². The fourth-order valence-corrected chi connectivity index (χ4v) is 1.20. The van der Waals surface area contributed by atoms with Crippen LogP contribution in [0.5, 0.6) is 0 Å². The summed E-state index contributed by atoms with van der Waals surface area (Å²) >= 11 is 0. The van der Waals surface area contributed by atoms with Crippen LogP contribution < -0.4 is 0 Å². The molecule has 0 N–H and O–H groups in total. The highest BCUT2D eigenvalue weighted by Crippen LogP contribution is 2.09. The van der Waals surface area contributed by atoms with Crippen molar-refractivity contribution in [2.24, 2.45) is 4.99 Å². The molecule has 0 aromatic heterocycles. The normalized spacial score (nSPS) is 11.6.